The van der Waals surface area contributed by atoms with Gasteiger partial charge in [-0.05, 0) is 12.1 Å². The number of nitrogens with zero attached hydrogens (tertiary/aromatic N) is 1. The Morgan fingerprint density at radius 3 is 3.00 bits per heavy atom. The molecule has 0 aliphatic heterocycles. The Morgan fingerprint density at radius 1 is 1.64 bits per heavy atom. The van der Waals surface area contributed by atoms with Crippen LogP contribution in [-0.2, 0) is 4.79 Å². The van der Waals surface area contributed by atoms with Crippen molar-refractivity contribution < 1.29 is 4.79 Å². The molecule has 58 valence electrons. The minimum atomic E-state index is 0.285. The average Bonchev–Trinajstić information content (AvgIpc) is 1.98. The van der Waals surface area contributed by atoms with Gasteiger partial charge in [0.05, 0.1) is 5.69 Å². The van der Waals surface area contributed by atoms with E-state index < -0.39 is 0 Å². The number of nitrogens with one attached hydrogen (secondary N) is 1. The third-order valence-corrected chi connectivity index (χ3v) is 1.30. The molecular formula is C6H6ClN3O. The normalized spacial score (nSPS) is 9.18. The Balaban J connectivity index is 3.01. The molecule has 0 unspecified atom stereocenters. The largest absolute Gasteiger partial charge is 0.396 e. The zero-order valence-electron chi connectivity index (χ0n) is 5.54. The molecule has 0 aliphatic carbocycles. The molecule has 0 spiro atoms. The Bertz CT molecular complexity index is 277. The highest BCUT2D eigenvalue weighted by Gasteiger charge is 1.98. The molecule has 1 amide bonds. The number of hydrogen-bond donors (Lipinski definition) is 2. The van der Waals surface area contributed by atoms with Crippen LogP contribution in [0.5, 0.6) is 0 Å². The summed E-state index contributed by atoms with van der Waals surface area (Å²) in [6.07, 6.45) is 0.495. The van der Waals surface area contributed by atoms with Crippen molar-refractivity contribution in [1.82, 2.24) is 4.98 Å². The van der Waals surface area contributed by atoms with Gasteiger partial charge in [-0.1, -0.05) is 11.6 Å². The number of carbonyl (C=O) groups is 1. The Morgan fingerprint density at radius 2 is 2.36 bits per heavy atom. The summed E-state index contributed by atoms with van der Waals surface area (Å²) in [5.74, 6) is 0.285. The third-order valence-electron chi connectivity index (χ3n) is 1.09. The molecule has 0 aromatic carbocycles. The fourth-order valence-corrected chi connectivity index (χ4v) is 0.765. The molecule has 1 aromatic rings. The van der Waals surface area contributed by atoms with E-state index in [-0.39, 0.29) is 5.82 Å². The molecule has 4 nitrogen and oxygen atoms in total. The predicted molar refractivity (Wildman–Crippen MR) is 43.3 cm³/mol. The maximum atomic E-state index is 9.99. The molecule has 0 bridgehead atoms. The number of halogens is 1. The van der Waals surface area contributed by atoms with Gasteiger partial charge in [-0.25, -0.2) is 4.98 Å². The van der Waals surface area contributed by atoms with Crippen molar-refractivity contribution in [2.45, 2.75) is 0 Å². The Kier molecular flexibility index (Phi) is 2.28. The van der Waals surface area contributed by atoms with E-state index in [0.29, 0.717) is 17.3 Å². The number of aromatic nitrogens is 1. The number of anilines is 2. The third kappa shape index (κ3) is 1.81. The van der Waals surface area contributed by atoms with Crippen molar-refractivity contribution in [2.75, 3.05) is 11.1 Å². The van der Waals surface area contributed by atoms with Gasteiger partial charge in [0.1, 0.15) is 5.15 Å². The summed E-state index contributed by atoms with van der Waals surface area (Å²) in [6.45, 7) is 0. The monoisotopic (exact) mass is 171 g/mol. The van der Waals surface area contributed by atoms with E-state index in [0.717, 1.165) is 0 Å². The van der Waals surface area contributed by atoms with Crippen LogP contribution >= 0.6 is 11.6 Å². The van der Waals surface area contributed by atoms with Gasteiger partial charge >= 0.3 is 0 Å². The van der Waals surface area contributed by atoms with E-state index in [2.05, 4.69) is 10.3 Å². The highest BCUT2D eigenvalue weighted by Crippen LogP contribution is 2.16. The zero-order valence-corrected chi connectivity index (χ0v) is 6.30. The molecule has 5 heteroatoms. The highest BCUT2D eigenvalue weighted by atomic mass is 35.5. The van der Waals surface area contributed by atoms with Crippen molar-refractivity contribution in [2.24, 2.45) is 0 Å². The van der Waals surface area contributed by atoms with Crippen molar-refractivity contribution in [3.8, 4) is 0 Å². The average molecular weight is 172 g/mol. The lowest BCUT2D eigenvalue weighted by Crippen LogP contribution is -2.01. The SMILES string of the molecule is Nc1ccc(Cl)nc1NC=O. The lowest BCUT2D eigenvalue weighted by molar-refractivity contribution is -0.105. The van der Waals surface area contributed by atoms with Gasteiger partial charge in [0, 0.05) is 0 Å². The van der Waals surface area contributed by atoms with E-state index in [4.69, 9.17) is 17.3 Å². The first-order valence-electron chi connectivity index (χ1n) is 2.86. The Labute approximate surface area is 68.4 Å². The lowest BCUT2D eigenvalue weighted by Gasteiger charge is -2.01. The number of pyridine rings is 1. The molecule has 0 aliphatic rings. The van der Waals surface area contributed by atoms with Gasteiger partial charge in [0.15, 0.2) is 5.82 Å². The summed E-state index contributed by atoms with van der Waals surface area (Å²) in [4.78, 5) is 13.7. The van der Waals surface area contributed by atoms with Gasteiger partial charge in [0.25, 0.3) is 0 Å². The first kappa shape index (κ1) is 7.81. The quantitative estimate of drug-likeness (QED) is 0.513. The number of rotatable bonds is 2. The molecule has 11 heavy (non-hydrogen) atoms. The van der Waals surface area contributed by atoms with E-state index in [9.17, 15) is 4.79 Å². The first-order valence-corrected chi connectivity index (χ1v) is 3.24. The summed E-state index contributed by atoms with van der Waals surface area (Å²) in [5, 5.41) is 2.61. The lowest BCUT2D eigenvalue weighted by atomic mass is 10.4. The van der Waals surface area contributed by atoms with E-state index in [1.165, 1.54) is 0 Å². The molecule has 0 atom stereocenters. The van der Waals surface area contributed by atoms with E-state index in [1.54, 1.807) is 12.1 Å². The second-order valence-corrected chi connectivity index (χ2v) is 2.22. The molecule has 0 radical (unpaired) electrons. The van der Waals surface area contributed by atoms with Crippen molar-refractivity contribution in [3.63, 3.8) is 0 Å². The predicted octanol–water partition coefficient (Wildman–Crippen LogP) is 0.885. The maximum Gasteiger partial charge on any atom is 0.212 e. The van der Waals surface area contributed by atoms with Crippen LogP contribution in [0.3, 0.4) is 0 Å². The number of hydrogen-bond acceptors (Lipinski definition) is 3. The van der Waals surface area contributed by atoms with Gasteiger partial charge in [-0.3, -0.25) is 4.79 Å². The molecule has 1 aromatic heterocycles. The van der Waals surface area contributed by atoms with Crippen LogP contribution in [0.25, 0.3) is 0 Å². The fourth-order valence-electron chi connectivity index (χ4n) is 0.618. The fraction of sp³-hybridized carbons (Fsp3) is 0. The summed E-state index contributed by atoms with van der Waals surface area (Å²) >= 11 is 5.53. The first-order chi connectivity index (χ1) is 5.24. The Hall–Kier alpha value is -1.29. The molecule has 0 fully saturated rings. The minimum Gasteiger partial charge on any atom is -0.396 e. The second kappa shape index (κ2) is 3.21. The molecule has 1 heterocycles. The van der Waals surface area contributed by atoms with Crippen LogP contribution in [0.4, 0.5) is 11.5 Å². The van der Waals surface area contributed by atoms with Gasteiger partial charge in [-0.2, -0.15) is 0 Å². The van der Waals surface area contributed by atoms with E-state index >= 15 is 0 Å². The van der Waals surface area contributed by atoms with Crippen LogP contribution in [0.15, 0.2) is 12.1 Å². The summed E-state index contributed by atoms with van der Waals surface area (Å²) in [6, 6.07) is 3.12. The number of nitrogen functional groups attached to an aromatic ring is 1. The molecular weight excluding hydrogens is 166 g/mol. The minimum absolute atomic E-state index is 0.285. The van der Waals surface area contributed by atoms with Gasteiger partial charge in [0.2, 0.25) is 6.41 Å². The maximum absolute atomic E-state index is 9.99. The number of amides is 1. The second-order valence-electron chi connectivity index (χ2n) is 1.83. The summed E-state index contributed by atoms with van der Waals surface area (Å²) < 4.78 is 0. The van der Waals surface area contributed by atoms with E-state index in [1.807, 2.05) is 0 Å². The van der Waals surface area contributed by atoms with Crippen LogP contribution < -0.4 is 11.1 Å². The number of carbonyl (C=O) groups excluding carboxylic acids is 1. The topological polar surface area (TPSA) is 68.0 Å². The smallest absolute Gasteiger partial charge is 0.212 e. The molecule has 1 rings (SSSR count). The molecule has 0 saturated carbocycles. The summed E-state index contributed by atoms with van der Waals surface area (Å²) in [7, 11) is 0. The highest BCUT2D eigenvalue weighted by molar-refractivity contribution is 6.29. The van der Waals surface area contributed by atoms with Crippen LogP contribution in [0, 0.1) is 0 Å². The van der Waals surface area contributed by atoms with Gasteiger partial charge < -0.3 is 11.1 Å². The van der Waals surface area contributed by atoms with Gasteiger partial charge in [-0.15, -0.1) is 0 Å². The number of nitrogens with two attached hydrogens (primary N) is 1. The van der Waals surface area contributed by atoms with Crippen molar-refractivity contribution in [3.05, 3.63) is 17.3 Å². The van der Waals surface area contributed by atoms with Crippen molar-refractivity contribution >= 4 is 29.5 Å². The van der Waals surface area contributed by atoms with Crippen LogP contribution in [0.2, 0.25) is 5.15 Å². The molecule has 3 N–H and O–H groups in total. The van der Waals surface area contributed by atoms with Crippen molar-refractivity contribution in [1.29, 1.82) is 0 Å². The zero-order chi connectivity index (χ0) is 8.27. The van der Waals surface area contributed by atoms with Crippen LogP contribution in [-0.4, -0.2) is 11.4 Å². The summed E-state index contributed by atoms with van der Waals surface area (Å²) in [5.41, 5.74) is 5.82. The van der Waals surface area contributed by atoms with Crippen LogP contribution in [0.1, 0.15) is 0 Å². The molecule has 0 saturated heterocycles. The standard InChI is InChI=1S/C6H6ClN3O/c7-5-2-1-4(8)6(10-5)9-3-11/h1-3H,8H2,(H,9,10,11).